The molecule has 18 heavy (non-hydrogen) atoms. The van der Waals surface area contributed by atoms with E-state index in [2.05, 4.69) is 25.7 Å². The highest BCUT2D eigenvalue weighted by atomic mass is 32.1. The maximum Gasteiger partial charge on any atom is 0.251 e. The number of anilines is 1. The van der Waals surface area contributed by atoms with E-state index in [-0.39, 0.29) is 17.3 Å². The molecule has 0 bridgehead atoms. The van der Waals surface area contributed by atoms with Crippen LogP contribution in [0.4, 0.5) is 16.5 Å². The molecular formula is C10H9N5O2S. The van der Waals surface area contributed by atoms with Gasteiger partial charge in [0.05, 0.1) is 11.4 Å². The van der Waals surface area contributed by atoms with Gasteiger partial charge in [0.25, 0.3) is 5.13 Å². The summed E-state index contributed by atoms with van der Waals surface area (Å²) in [6.45, 7) is 1.36. The zero-order valence-corrected chi connectivity index (χ0v) is 10.2. The molecule has 8 heteroatoms. The van der Waals surface area contributed by atoms with Crippen LogP contribution < -0.4 is 5.32 Å². The van der Waals surface area contributed by atoms with Crippen molar-refractivity contribution in [3.63, 3.8) is 0 Å². The van der Waals surface area contributed by atoms with Crippen LogP contribution in [0.1, 0.15) is 6.92 Å². The minimum absolute atomic E-state index is 0.0277. The Morgan fingerprint density at radius 2 is 2.28 bits per heavy atom. The second-order valence-corrected chi connectivity index (χ2v) is 4.12. The molecule has 0 aliphatic rings. The van der Waals surface area contributed by atoms with E-state index in [0.717, 1.165) is 0 Å². The average molecular weight is 263 g/mol. The van der Waals surface area contributed by atoms with Crippen LogP contribution in [-0.4, -0.2) is 21.2 Å². The molecule has 2 aromatic rings. The number of azo groups is 1. The van der Waals surface area contributed by atoms with Crippen molar-refractivity contribution in [2.24, 2.45) is 10.2 Å². The predicted octanol–water partition coefficient (Wildman–Crippen LogP) is 2.62. The van der Waals surface area contributed by atoms with Gasteiger partial charge >= 0.3 is 0 Å². The van der Waals surface area contributed by atoms with Crippen LogP contribution in [0, 0.1) is 0 Å². The smallest absolute Gasteiger partial charge is 0.251 e. The van der Waals surface area contributed by atoms with Crippen molar-refractivity contribution < 1.29 is 9.90 Å². The Labute approximate surface area is 106 Å². The predicted molar refractivity (Wildman–Crippen MR) is 66.5 cm³/mol. The molecule has 2 N–H and O–H groups in total. The minimum Gasteiger partial charge on any atom is -0.506 e. The zero-order valence-electron chi connectivity index (χ0n) is 9.36. The van der Waals surface area contributed by atoms with E-state index in [1.807, 2.05) is 0 Å². The highest BCUT2D eigenvalue weighted by Crippen LogP contribution is 2.29. The molecule has 1 aromatic carbocycles. The Hall–Kier alpha value is -2.35. The van der Waals surface area contributed by atoms with E-state index in [0.29, 0.717) is 10.8 Å². The summed E-state index contributed by atoms with van der Waals surface area (Å²) in [5, 5.41) is 27.6. The van der Waals surface area contributed by atoms with E-state index in [4.69, 9.17) is 0 Å². The minimum atomic E-state index is -0.275. The fourth-order valence-electron chi connectivity index (χ4n) is 1.19. The third-order valence-corrected chi connectivity index (χ3v) is 2.46. The number of rotatable bonds is 3. The Morgan fingerprint density at radius 3 is 2.94 bits per heavy atom. The third-order valence-electron chi connectivity index (χ3n) is 1.89. The number of phenols is 1. The molecule has 0 fully saturated rings. The van der Waals surface area contributed by atoms with Crippen LogP contribution in [0.2, 0.25) is 0 Å². The van der Waals surface area contributed by atoms with Gasteiger partial charge in [-0.1, -0.05) is 11.3 Å². The number of nitrogens with zero attached hydrogens (tertiary/aromatic N) is 4. The van der Waals surface area contributed by atoms with Crippen LogP contribution in [0.25, 0.3) is 0 Å². The molecule has 1 amide bonds. The number of aromatic hydroxyl groups is 1. The molecule has 0 spiro atoms. The van der Waals surface area contributed by atoms with Gasteiger partial charge in [0.15, 0.2) is 0 Å². The van der Waals surface area contributed by atoms with Crippen molar-refractivity contribution in [2.75, 3.05) is 5.32 Å². The number of aromatic nitrogens is 2. The SMILES string of the molecule is CC(=O)Nc1cc(/N=N/c2nncs2)ccc1O. The summed E-state index contributed by atoms with van der Waals surface area (Å²) in [7, 11) is 0. The van der Waals surface area contributed by atoms with E-state index >= 15 is 0 Å². The lowest BCUT2D eigenvalue weighted by molar-refractivity contribution is -0.114. The van der Waals surface area contributed by atoms with Gasteiger partial charge in [0.2, 0.25) is 5.91 Å². The number of amides is 1. The average Bonchev–Trinajstić information content (AvgIpc) is 2.82. The van der Waals surface area contributed by atoms with Crippen LogP contribution in [-0.2, 0) is 4.79 Å². The molecule has 92 valence electrons. The first-order valence-electron chi connectivity index (χ1n) is 4.93. The van der Waals surface area contributed by atoms with Gasteiger partial charge < -0.3 is 10.4 Å². The molecular weight excluding hydrogens is 254 g/mol. The number of nitrogens with one attached hydrogen (secondary N) is 1. The van der Waals surface area contributed by atoms with Crippen LogP contribution >= 0.6 is 11.3 Å². The van der Waals surface area contributed by atoms with Gasteiger partial charge in [-0.15, -0.1) is 20.4 Å². The lowest BCUT2D eigenvalue weighted by Crippen LogP contribution is -2.05. The molecule has 0 saturated heterocycles. The van der Waals surface area contributed by atoms with Crippen molar-refractivity contribution in [1.29, 1.82) is 0 Å². The van der Waals surface area contributed by atoms with Crippen molar-refractivity contribution in [3.05, 3.63) is 23.7 Å². The van der Waals surface area contributed by atoms with Gasteiger partial charge in [0.1, 0.15) is 11.3 Å². The number of hydrogen-bond acceptors (Lipinski definition) is 7. The maximum atomic E-state index is 10.9. The molecule has 1 heterocycles. The van der Waals surface area contributed by atoms with Gasteiger partial charge in [-0.05, 0) is 18.2 Å². The van der Waals surface area contributed by atoms with Gasteiger partial charge in [-0.2, -0.15) is 0 Å². The zero-order chi connectivity index (χ0) is 13.0. The Bertz CT molecular complexity index is 582. The standard InChI is InChI=1S/C10H9N5O2S/c1-6(16)12-8-4-7(2-3-9(8)17)13-15-10-14-11-5-18-10/h2-5,17H,1H3,(H,12,16)/b15-13+. The van der Waals surface area contributed by atoms with E-state index in [1.54, 1.807) is 11.6 Å². The molecule has 2 rings (SSSR count). The van der Waals surface area contributed by atoms with Crippen molar-refractivity contribution >= 4 is 33.8 Å². The molecule has 0 atom stereocenters. The quantitative estimate of drug-likeness (QED) is 0.656. The van der Waals surface area contributed by atoms with Crippen molar-refractivity contribution in [2.45, 2.75) is 6.92 Å². The second-order valence-electron chi connectivity index (χ2n) is 3.30. The van der Waals surface area contributed by atoms with Gasteiger partial charge in [-0.25, -0.2) is 0 Å². The van der Waals surface area contributed by atoms with Crippen LogP contribution in [0.3, 0.4) is 0 Å². The lowest BCUT2D eigenvalue weighted by Gasteiger charge is -2.04. The summed E-state index contributed by atoms with van der Waals surface area (Å²) < 4.78 is 0. The van der Waals surface area contributed by atoms with Crippen LogP contribution in [0.5, 0.6) is 5.75 Å². The Morgan fingerprint density at radius 1 is 1.44 bits per heavy atom. The molecule has 0 saturated carbocycles. The van der Waals surface area contributed by atoms with E-state index < -0.39 is 0 Å². The fourth-order valence-corrected chi connectivity index (χ4v) is 1.56. The number of hydrogen-bond donors (Lipinski definition) is 2. The summed E-state index contributed by atoms with van der Waals surface area (Å²) >= 11 is 1.26. The lowest BCUT2D eigenvalue weighted by atomic mass is 10.2. The maximum absolute atomic E-state index is 10.9. The summed E-state index contributed by atoms with van der Waals surface area (Å²) in [5.74, 6) is -0.302. The molecule has 0 unspecified atom stereocenters. The first-order chi connectivity index (χ1) is 8.65. The molecule has 7 nitrogen and oxygen atoms in total. The normalized spacial score (nSPS) is 10.7. The van der Waals surface area contributed by atoms with Gasteiger partial charge in [0, 0.05) is 6.92 Å². The number of benzene rings is 1. The number of phenolic OH excluding ortho intramolecular Hbond substituents is 1. The third kappa shape index (κ3) is 3.08. The Balaban J connectivity index is 2.21. The van der Waals surface area contributed by atoms with E-state index in [1.165, 1.54) is 30.4 Å². The summed E-state index contributed by atoms with van der Waals surface area (Å²) in [6, 6.07) is 4.52. The highest BCUT2D eigenvalue weighted by Gasteiger charge is 2.04. The summed E-state index contributed by atoms with van der Waals surface area (Å²) in [5.41, 5.74) is 2.33. The number of carbonyl (C=O) groups excluding carboxylic acids is 1. The Kier molecular flexibility index (Phi) is 3.58. The van der Waals surface area contributed by atoms with Crippen molar-refractivity contribution in [3.8, 4) is 5.75 Å². The largest absolute Gasteiger partial charge is 0.506 e. The second kappa shape index (κ2) is 5.32. The molecule has 0 aliphatic heterocycles. The highest BCUT2D eigenvalue weighted by molar-refractivity contribution is 7.13. The molecule has 0 aliphatic carbocycles. The first-order valence-corrected chi connectivity index (χ1v) is 5.81. The topological polar surface area (TPSA) is 99.8 Å². The van der Waals surface area contributed by atoms with Gasteiger partial charge in [-0.3, -0.25) is 4.79 Å². The first kappa shape index (κ1) is 12.1. The van der Waals surface area contributed by atoms with E-state index in [9.17, 15) is 9.90 Å². The summed E-state index contributed by atoms with van der Waals surface area (Å²) in [6.07, 6.45) is 0. The fraction of sp³-hybridized carbons (Fsp3) is 0.100. The van der Waals surface area contributed by atoms with Crippen molar-refractivity contribution in [1.82, 2.24) is 10.2 Å². The number of carbonyl (C=O) groups is 1. The van der Waals surface area contributed by atoms with Crippen LogP contribution in [0.15, 0.2) is 33.9 Å². The summed E-state index contributed by atoms with van der Waals surface area (Å²) in [4.78, 5) is 10.9. The molecule has 1 aromatic heterocycles. The molecule has 0 radical (unpaired) electrons. The monoisotopic (exact) mass is 263 g/mol.